The Hall–Kier alpha value is -2.00. The maximum atomic E-state index is 12.3. The summed E-state index contributed by atoms with van der Waals surface area (Å²) < 4.78 is 1.01. The lowest BCUT2D eigenvalue weighted by molar-refractivity contribution is 0.0918. The van der Waals surface area contributed by atoms with Crippen LogP contribution in [0, 0.1) is 10.5 Å². The van der Waals surface area contributed by atoms with Gasteiger partial charge in [0.25, 0.3) is 11.8 Å². The van der Waals surface area contributed by atoms with Crippen LogP contribution in [-0.2, 0) is 0 Å². The molecule has 0 aromatic heterocycles. The molecular weight excluding hydrogens is 473 g/mol. The molecule has 0 fully saturated rings. The molecule has 7 heteroatoms. The van der Waals surface area contributed by atoms with Crippen molar-refractivity contribution in [3.05, 3.63) is 62.7 Å². The van der Waals surface area contributed by atoms with Crippen LogP contribution in [0.4, 0.5) is 5.69 Å². The Balaban J connectivity index is 2.03. The van der Waals surface area contributed by atoms with Gasteiger partial charge in [-0.1, -0.05) is 12.1 Å². The van der Waals surface area contributed by atoms with Gasteiger partial charge in [0.15, 0.2) is 5.11 Å². The highest BCUT2D eigenvalue weighted by Gasteiger charge is 2.16. The van der Waals surface area contributed by atoms with Crippen molar-refractivity contribution in [2.75, 3.05) is 5.32 Å². The van der Waals surface area contributed by atoms with Crippen LogP contribution in [0.2, 0.25) is 0 Å². The lowest BCUT2D eigenvalue weighted by Gasteiger charge is -2.20. The molecule has 0 atom stereocenters. The van der Waals surface area contributed by atoms with Crippen molar-refractivity contribution in [2.45, 2.75) is 33.2 Å². The molecule has 0 saturated heterocycles. The molecule has 0 spiro atoms. The van der Waals surface area contributed by atoms with Crippen LogP contribution in [-0.4, -0.2) is 22.5 Å². The van der Waals surface area contributed by atoms with Crippen molar-refractivity contribution in [1.82, 2.24) is 10.6 Å². The fourth-order valence-electron chi connectivity index (χ4n) is 2.22. The first-order valence-electron chi connectivity index (χ1n) is 8.36. The minimum Gasteiger partial charge on any atom is -0.347 e. The normalized spacial score (nSPS) is 10.9. The quantitative estimate of drug-likeness (QED) is 0.440. The zero-order valence-corrected chi connectivity index (χ0v) is 18.6. The molecule has 0 saturated carbocycles. The van der Waals surface area contributed by atoms with Gasteiger partial charge in [-0.2, -0.15) is 0 Å². The molecule has 3 N–H and O–H groups in total. The summed E-state index contributed by atoms with van der Waals surface area (Å²) >= 11 is 7.41. The number of hydrogen-bond acceptors (Lipinski definition) is 3. The third kappa shape index (κ3) is 6.59. The van der Waals surface area contributed by atoms with E-state index in [2.05, 4.69) is 38.5 Å². The number of nitrogens with one attached hydrogen (secondary N) is 3. The molecule has 5 nitrogen and oxygen atoms in total. The van der Waals surface area contributed by atoms with Crippen molar-refractivity contribution < 1.29 is 9.59 Å². The summed E-state index contributed by atoms with van der Waals surface area (Å²) in [5, 5.41) is 8.68. The van der Waals surface area contributed by atoms with E-state index in [4.69, 9.17) is 12.2 Å². The van der Waals surface area contributed by atoms with Crippen molar-refractivity contribution in [3.8, 4) is 0 Å². The van der Waals surface area contributed by atoms with E-state index >= 15 is 0 Å². The second-order valence-corrected chi connectivity index (χ2v) is 8.73. The zero-order valence-electron chi connectivity index (χ0n) is 15.6. The number of anilines is 1. The van der Waals surface area contributed by atoms with Gasteiger partial charge in [0.1, 0.15) is 0 Å². The smallest absolute Gasteiger partial charge is 0.257 e. The summed E-state index contributed by atoms with van der Waals surface area (Å²) in [5.74, 6) is -0.456. The summed E-state index contributed by atoms with van der Waals surface area (Å²) in [5.41, 5.74) is 2.46. The molecule has 2 aromatic rings. The minimum absolute atomic E-state index is 0.170. The van der Waals surface area contributed by atoms with Gasteiger partial charge < -0.3 is 10.6 Å². The van der Waals surface area contributed by atoms with E-state index in [0.717, 1.165) is 9.13 Å². The number of hydrogen-bond donors (Lipinski definition) is 3. The van der Waals surface area contributed by atoms with Gasteiger partial charge in [-0.15, -0.1) is 0 Å². The fraction of sp³-hybridized carbons (Fsp3) is 0.250. The van der Waals surface area contributed by atoms with Crippen LogP contribution in [0.5, 0.6) is 0 Å². The third-order valence-corrected chi connectivity index (χ3v) is 4.90. The molecule has 27 heavy (non-hydrogen) atoms. The molecule has 2 rings (SSSR count). The van der Waals surface area contributed by atoms with Crippen molar-refractivity contribution in [2.24, 2.45) is 0 Å². The minimum atomic E-state index is -0.324. The molecule has 0 radical (unpaired) electrons. The zero-order chi connectivity index (χ0) is 20.2. The average Bonchev–Trinajstić information content (AvgIpc) is 2.55. The van der Waals surface area contributed by atoms with Gasteiger partial charge in [-0.25, -0.2) is 0 Å². The SMILES string of the molecule is Cc1ccc(C(=O)NC(=S)Nc2cccc(C(=O)NC(C)(C)C)c2)cc1I. The molecule has 142 valence electrons. The van der Waals surface area contributed by atoms with Gasteiger partial charge in [0.05, 0.1) is 0 Å². The molecule has 2 aromatic carbocycles. The van der Waals surface area contributed by atoms with Crippen molar-refractivity contribution >= 4 is 57.4 Å². The molecule has 2 amide bonds. The first-order valence-corrected chi connectivity index (χ1v) is 9.85. The first kappa shape index (κ1) is 21.3. The van der Waals surface area contributed by atoms with Gasteiger partial charge in [0, 0.05) is 25.9 Å². The van der Waals surface area contributed by atoms with Crippen LogP contribution in [0.1, 0.15) is 47.1 Å². The second kappa shape index (κ2) is 8.79. The van der Waals surface area contributed by atoms with E-state index in [1.165, 1.54) is 0 Å². The highest BCUT2D eigenvalue weighted by Crippen LogP contribution is 2.14. The first-order chi connectivity index (χ1) is 12.5. The van der Waals surface area contributed by atoms with Crippen LogP contribution in [0.15, 0.2) is 42.5 Å². The largest absolute Gasteiger partial charge is 0.347 e. The van der Waals surface area contributed by atoms with E-state index < -0.39 is 0 Å². The molecule has 0 aliphatic rings. The number of benzene rings is 2. The monoisotopic (exact) mass is 495 g/mol. The highest BCUT2D eigenvalue weighted by molar-refractivity contribution is 14.1. The summed E-state index contributed by atoms with van der Waals surface area (Å²) in [6.45, 7) is 7.75. The Labute approximate surface area is 178 Å². The molecule has 0 unspecified atom stereocenters. The second-order valence-electron chi connectivity index (χ2n) is 7.16. The van der Waals surface area contributed by atoms with E-state index in [1.807, 2.05) is 39.8 Å². The number of carbonyl (C=O) groups is 2. The molecule has 0 aliphatic carbocycles. The van der Waals surface area contributed by atoms with Crippen molar-refractivity contribution in [1.29, 1.82) is 0 Å². The lowest BCUT2D eigenvalue weighted by atomic mass is 10.1. The molecule has 0 bridgehead atoms. The van der Waals surface area contributed by atoms with Crippen LogP contribution >= 0.6 is 34.8 Å². The highest BCUT2D eigenvalue weighted by atomic mass is 127. The molecular formula is C20H22IN3O2S. The number of rotatable bonds is 3. The Kier molecular flexibility index (Phi) is 6.94. The number of thiocarbonyl (C=S) groups is 1. The number of aryl methyl sites for hydroxylation is 1. The topological polar surface area (TPSA) is 70.2 Å². The predicted octanol–water partition coefficient (Wildman–Crippen LogP) is 4.25. The third-order valence-electron chi connectivity index (χ3n) is 3.53. The Morgan fingerprint density at radius 1 is 1.00 bits per heavy atom. The lowest BCUT2D eigenvalue weighted by Crippen LogP contribution is -2.40. The van der Waals surface area contributed by atoms with Gasteiger partial charge in [0.2, 0.25) is 0 Å². The van der Waals surface area contributed by atoms with Crippen LogP contribution in [0.3, 0.4) is 0 Å². The number of carbonyl (C=O) groups excluding carboxylic acids is 2. The summed E-state index contributed by atoms with van der Waals surface area (Å²) in [6.07, 6.45) is 0. The average molecular weight is 495 g/mol. The van der Waals surface area contributed by atoms with Crippen LogP contribution in [0.25, 0.3) is 0 Å². The van der Waals surface area contributed by atoms with Gasteiger partial charge in [-0.3, -0.25) is 14.9 Å². The summed E-state index contributed by atoms with van der Waals surface area (Å²) in [7, 11) is 0. The van der Waals surface area contributed by atoms with E-state index in [9.17, 15) is 9.59 Å². The number of amides is 2. The van der Waals surface area contributed by atoms with Gasteiger partial charge in [-0.05, 0) is 98.4 Å². The van der Waals surface area contributed by atoms with Crippen LogP contribution < -0.4 is 16.0 Å². The molecule has 0 aliphatic heterocycles. The van der Waals surface area contributed by atoms with E-state index in [0.29, 0.717) is 16.8 Å². The fourth-order valence-corrected chi connectivity index (χ4v) is 2.95. The standard InChI is InChI=1S/C20H22IN3O2S/c1-12-8-9-14(11-16(12)21)17(25)23-19(27)22-15-7-5-6-13(10-15)18(26)24-20(2,3)4/h5-11H,1-4H3,(H,24,26)(H2,22,23,25,27). The molecule has 0 heterocycles. The van der Waals surface area contributed by atoms with E-state index in [-0.39, 0.29) is 22.5 Å². The maximum absolute atomic E-state index is 12.3. The predicted molar refractivity (Wildman–Crippen MR) is 121 cm³/mol. The Morgan fingerprint density at radius 3 is 2.30 bits per heavy atom. The van der Waals surface area contributed by atoms with E-state index in [1.54, 1.807) is 30.3 Å². The summed E-state index contributed by atoms with van der Waals surface area (Å²) in [4.78, 5) is 24.6. The Bertz CT molecular complexity index is 891. The maximum Gasteiger partial charge on any atom is 0.257 e. The summed E-state index contributed by atoms with van der Waals surface area (Å²) in [6, 6.07) is 12.4. The van der Waals surface area contributed by atoms with Crippen molar-refractivity contribution in [3.63, 3.8) is 0 Å². The number of halogens is 1. The van der Waals surface area contributed by atoms with Gasteiger partial charge >= 0.3 is 0 Å². The Morgan fingerprint density at radius 2 is 1.67 bits per heavy atom.